The second-order valence-electron chi connectivity index (χ2n) is 5.30. The van der Waals surface area contributed by atoms with Crippen molar-refractivity contribution in [3.05, 3.63) is 35.9 Å². The summed E-state index contributed by atoms with van der Waals surface area (Å²) in [5.41, 5.74) is 1.35. The normalized spacial score (nSPS) is 31.8. The summed E-state index contributed by atoms with van der Waals surface area (Å²) in [6.07, 6.45) is 1.92. The monoisotopic (exact) mass is 242 g/mol. The van der Waals surface area contributed by atoms with E-state index in [1.165, 1.54) is 5.56 Å². The Balaban J connectivity index is 1.74. The van der Waals surface area contributed by atoms with Crippen LogP contribution in [-0.4, -0.2) is 30.2 Å². The first-order valence-electron chi connectivity index (χ1n) is 6.64. The van der Waals surface area contributed by atoms with Crippen molar-refractivity contribution < 1.29 is 4.74 Å². The summed E-state index contributed by atoms with van der Waals surface area (Å²) < 4.78 is 5.65. The van der Waals surface area contributed by atoms with Gasteiger partial charge in [0.05, 0.1) is 19.3 Å². The Labute approximate surface area is 108 Å². The zero-order valence-corrected chi connectivity index (χ0v) is 10.5. The van der Waals surface area contributed by atoms with Crippen LogP contribution in [0.2, 0.25) is 0 Å². The summed E-state index contributed by atoms with van der Waals surface area (Å²) in [5.74, 6) is 0.218. The van der Waals surface area contributed by atoms with Gasteiger partial charge < -0.3 is 4.74 Å². The minimum Gasteiger partial charge on any atom is -0.378 e. The van der Waals surface area contributed by atoms with E-state index in [9.17, 15) is 0 Å². The van der Waals surface area contributed by atoms with Gasteiger partial charge in [-0.25, -0.2) is 0 Å². The SMILES string of the molecule is N#CC1CC2COCC(C1)N2Cc1ccccc1. The number of benzene rings is 1. The highest BCUT2D eigenvalue weighted by atomic mass is 16.5. The smallest absolute Gasteiger partial charge is 0.0657 e. The fourth-order valence-electron chi connectivity index (χ4n) is 3.15. The third-order valence-electron chi connectivity index (χ3n) is 4.06. The van der Waals surface area contributed by atoms with Crippen molar-refractivity contribution in [2.45, 2.75) is 31.5 Å². The Morgan fingerprint density at radius 3 is 2.44 bits per heavy atom. The number of fused-ring (bicyclic) bond motifs is 2. The molecule has 2 unspecified atom stereocenters. The summed E-state index contributed by atoms with van der Waals surface area (Å²) in [6, 6.07) is 13.8. The first kappa shape index (κ1) is 11.7. The van der Waals surface area contributed by atoms with Crippen LogP contribution in [0.1, 0.15) is 18.4 Å². The molecule has 2 atom stereocenters. The summed E-state index contributed by atoms with van der Waals surface area (Å²) in [6.45, 7) is 2.54. The summed E-state index contributed by atoms with van der Waals surface area (Å²) in [4.78, 5) is 2.53. The molecule has 3 heteroatoms. The maximum atomic E-state index is 9.11. The number of morpholine rings is 1. The van der Waals surface area contributed by atoms with Crippen LogP contribution in [0, 0.1) is 17.2 Å². The zero-order valence-electron chi connectivity index (χ0n) is 10.5. The fraction of sp³-hybridized carbons (Fsp3) is 0.533. The van der Waals surface area contributed by atoms with E-state index >= 15 is 0 Å². The van der Waals surface area contributed by atoms with Gasteiger partial charge in [-0.15, -0.1) is 0 Å². The highest BCUT2D eigenvalue weighted by Crippen LogP contribution is 2.32. The molecule has 2 aliphatic heterocycles. The second-order valence-corrected chi connectivity index (χ2v) is 5.30. The Morgan fingerprint density at radius 1 is 1.17 bits per heavy atom. The molecule has 0 aromatic heterocycles. The molecule has 3 nitrogen and oxygen atoms in total. The number of nitrogens with zero attached hydrogens (tertiary/aromatic N) is 2. The average molecular weight is 242 g/mol. The van der Waals surface area contributed by atoms with Gasteiger partial charge in [0.15, 0.2) is 0 Å². The molecular weight excluding hydrogens is 224 g/mol. The van der Waals surface area contributed by atoms with Gasteiger partial charge in [-0.2, -0.15) is 5.26 Å². The van der Waals surface area contributed by atoms with E-state index in [2.05, 4.69) is 41.3 Å². The maximum Gasteiger partial charge on any atom is 0.0657 e. The maximum absolute atomic E-state index is 9.11. The molecule has 0 amide bonds. The topological polar surface area (TPSA) is 36.3 Å². The van der Waals surface area contributed by atoms with E-state index in [0.29, 0.717) is 12.1 Å². The second kappa shape index (κ2) is 5.09. The average Bonchev–Trinajstić information content (AvgIpc) is 2.39. The first-order chi connectivity index (χ1) is 8.86. The molecule has 2 heterocycles. The molecule has 3 rings (SSSR count). The molecular formula is C15H18N2O. The van der Waals surface area contributed by atoms with Crippen molar-refractivity contribution in [1.29, 1.82) is 5.26 Å². The highest BCUT2D eigenvalue weighted by Gasteiger charge is 2.38. The lowest BCUT2D eigenvalue weighted by Gasteiger charge is -2.47. The highest BCUT2D eigenvalue weighted by molar-refractivity contribution is 5.15. The molecule has 0 saturated carbocycles. The van der Waals surface area contributed by atoms with Gasteiger partial charge in [-0.1, -0.05) is 30.3 Å². The molecule has 2 fully saturated rings. The van der Waals surface area contributed by atoms with Crippen LogP contribution in [-0.2, 0) is 11.3 Å². The molecule has 0 N–H and O–H groups in total. The number of hydrogen-bond donors (Lipinski definition) is 0. The van der Waals surface area contributed by atoms with Crippen molar-refractivity contribution in [3.8, 4) is 6.07 Å². The van der Waals surface area contributed by atoms with E-state index < -0.39 is 0 Å². The predicted molar refractivity (Wildman–Crippen MR) is 68.7 cm³/mol. The van der Waals surface area contributed by atoms with Crippen LogP contribution in [0.25, 0.3) is 0 Å². The minimum absolute atomic E-state index is 0.218. The minimum atomic E-state index is 0.218. The standard InChI is InChI=1S/C15H18N2O/c16-8-13-6-14-10-18-11-15(7-13)17(14)9-12-4-2-1-3-5-12/h1-5,13-15H,6-7,9-11H2. The van der Waals surface area contributed by atoms with E-state index in [-0.39, 0.29) is 5.92 Å². The van der Waals surface area contributed by atoms with Gasteiger partial charge in [0.2, 0.25) is 0 Å². The third-order valence-corrected chi connectivity index (χ3v) is 4.06. The van der Waals surface area contributed by atoms with E-state index in [1.54, 1.807) is 0 Å². The number of hydrogen-bond acceptors (Lipinski definition) is 3. The van der Waals surface area contributed by atoms with Crippen molar-refractivity contribution in [2.24, 2.45) is 5.92 Å². The van der Waals surface area contributed by atoms with Crippen molar-refractivity contribution >= 4 is 0 Å². The fourth-order valence-corrected chi connectivity index (χ4v) is 3.15. The quantitative estimate of drug-likeness (QED) is 0.797. The lowest BCUT2D eigenvalue weighted by molar-refractivity contribution is -0.0856. The summed E-state index contributed by atoms with van der Waals surface area (Å²) in [5, 5.41) is 9.11. The zero-order chi connectivity index (χ0) is 12.4. The Hall–Kier alpha value is -1.37. The largest absolute Gasteiger partial charge is 0.378 e. The van der Waals surface area contributed by atoms with E-state index in [0.717, 1.165) is 32.6 Å². The van der Waals surface area contributed by atoms with E-state index in [4.69, 9.17) is 10.00 Å². The first-order valence-corrected chi connectivity index (χ1v) is 6.64. The Morgan fingerprint density at radius 2 is 1.83 bits per heavy atom. The lowest BCUT2D eigenvalue weighted by Crippen LogP contribution is -2.56. The van der Waals surface area contributed by atoms with Gasteiger partial charge >= 0.3 is 0 Å². The molecule has 2 saturated heterocycles. The predicted octanol–water partition coefficient (Wildman–Crippen LogP) is 2.19. The molecule has 94 valence electrons. The molecule has 0 spiro atoms. The van der Waals surface area contributed by atoms with Gasteiger partial charge in [-0.3, -0.25) is 4.90 Å². The number of rotatable bonds is 2. The Kier molecular flexibility index (Phi) is 3.31. The van der Waals surface area contributed by atoms with Crippen LogP contribution in [0.5, 0.6) is 0 Å². The van der Waals surface area contributed by atoms with Crippen LogP contribution in [0.3, 0.4) is 0 Å². The molecule has 2 aliphatic rings. The van der Waals surface area contributed by atoms with Crippen molar-refractivity contribution in [1.82, 2.24) is 4.90 Å². The molecule has 1 aromatic carbocycles. The third kappa shape index (κ3) is 2.27. The molecule has 1 aromatic rings. The molecule has 0 aliphatic carbocycles. The Bertz CT molecular complexity index is 426. The van der Waals surface area contributed by atoms with Crippen molar-refractivity contribution in [2.75, 3.05) is 13.2 Å². The van der Waals surface area contributed by atoms with E-state index in [1.807, 2.05) is 0 Å². The number of nitriles is 1. The number of ether oxygens (including phenoxy) is 1. The number of piperidine rings is 1. The summed E-state index contributed by atoms with van der Waals surface area (Å²) >= 11 is 0. The molecule has 2 bridgehead atoms. The van der Waals surface area contributed by atoms with Crippen LogP contribution < -0.4 is 0 Å². The molecule has 18 heavy (non-hydrogen) atoms. The van der Waals surface area contributed by atoms with Gasteiger partial charge in [0, 0.05) is 24.5 Å². The van der Waals surface area contributed by atoms with Crippen LogP contribution >= 0.6 is 0 Å². The van der Waals surface area contributed by atoms with Crippen molar-refractivity contribution in [3.63, 3.8) is 0 Å². The summed E-state index contributed by atoms with van der Waals surface area (Å²) in [7, 11) is 0. The lowest BCUT2D eigenvalue weighted by atomic mass is 9.85. The molecule has 0 radical (unpaired) electrons. The van der Waals surface area contributed by atoms with Gasteiger partial charge in [0.25, 0.3) is 0 Å². The van der Waals surface area contributed by atoms with Gasteiger partial charge in [0.1, 0.15) is 0 Å². The van der Waals surface area contributed by atoms with Crippen LogP contribution in [0.15, 0.2) is 30.3 Å². The van der Waals surface area contributed by atoms with Crippen LogP contribution in [0.4, 0.5) is 0 Å². The van der Waals surface area contributed by atoms with Gasteiger partial charge in [-0.05, 0) is 18.4 Å².